The number of nitro benzene ring substituents is 1. The largest absolute Gasteiger partial charge is 0.454 e. The fraction of sp³-hybridized carbons (Fsp3) is 0.300. The lowest BCUT2D eigenvalue weighted by Gasteiger charge is -2.16. The Balaban J connectivity index is 1.69. The van der Waals surface area contributed by atoms with Gasteiger partial charge in [0.05, 0.1) is 17.1 Å². The molecule has 2 aromatic carbocycles. The minimum absolute atomic E-state index is 0.0620. The van der Waals surface area contributed by atoms with E-state index in [9.17, 15) is 19.7 Å². The number of hydrogen-bond donors (Lipinski definition) is 2. The maximum absolute atomic E-state index is 12.7. The van der Waals surface area contributed by atoms with Gasteiger partial charge in [0.15, 0.2) is 17.6 Å². The van der Waals surface area contributed by atoms with Crippen LogP contribution in [0.15, 0.2) is 36.4 Å². The molecule has 0 aliphatic carbocycles. The van der Waals surface area contributed by atoms with Gasteiger partial charge < -0.3 is 29.6 Å². The SMILES string of the molecule is COCCNc1ccc([N+](=O)[O-])cc1C(=O)OC(C)C(=O)Nc1ccc2c(c1)OCO2. The number of nitro groups is 1. The minimum Gasteiger partial charge on any atom is -0.454 e. The highest BCUT2D eigenvalue weighted by atomic mass is 16.7. The van der Waals surface area contributed by atoms with Crippen LogP contribution in [-0.2, 0) is 14.3 Å². The van der Waals surface area contributed by atoms with Crippen LogP contribution in [0.4, 0.5) is 17.1 Å². The molecule has 1 amide bonds. The number of amides is 1. The lowest BCUT2D eigenvalue weighted by molar-refractivity contribution is -0.384. The molecule has 2 aromatic rings. The average Bonchev–Trinajstić information content (AvgIpc) is 3.21. The van der Waals surface area contributed by atoms with Crippen molar-refractivity contribution in [1.29, 1.82) is 0 Å². The Morgan fingerprint density at radius 2 is 1.97 bits per heavy atom. The summed E-state index contributed by atoms with van der Waals surface area (Å²) in [5, 5.41) is 16.7. The third-order valence-corrected chi connectivity index (χ3v) is 4.35. The molecule has 3 rings (SSSR count). The van der Waals surface area contributed by atoms with Crippen molar-refractivity contribution in [2.75, 3.05) is 37.7 Å². The number of fused-ring (bicyclic) bond motifs is 1. The number of non-ortho nitro benzene ring substituents is 1. The van der Waals surface area contributed by atoms with Gasteiger partial charge in [-0.2, -0.15) is 0 Å². The molecule has 0 radical (unpaired) electrons. The number of nitrogens with one attached hydrogen (secondary N) is 2. The standard InChI is InChI=1S/C20H21N3O8/c1-12(19(24)22-13-3-6-17-18(9-13)30-11-29-17)31-20(25)15-10-14(23(26)27)4-5-16(15)21-7-8-28-2/h3-6,9-10,12,21H,7-8,11H2,1-2H3,(H,22,24). The van der Waals surface area contributed by atoms with Gasteiger partial charge in [0.25, 0.3) is 11.6 Å². The van der Waals surface area contributed by atoms with Crippen molar-refractivity contribution in [3.63, 3.8) is 0 Å². The van der Waals surface area contributed by atoms with Crippen LogP contribution in [-0.4, -0.2) is 50.0 Å². The van der Waals surface area contributed by atoms with Crippen LogP contribution in [0, 0.1) is 10.1 Å². The molecule has 2 N–H and O–H groups in total. The van der Waals surface area contributed by atoms with Gasteiger partial charge in [-0.1, -0.05) is 0 Å². The molecule has 0 aromatic heterocycles. The molecule has 0 fully saturated rings. The molecule has 1 heterocycles. The van der Waals surface area contributed by atoms with Crippen molar-refractivity contribution in [3.8, 4) is 11.5 Å². The predicted molar refractivity (Wildman–Crippen MR) is 110 cm³/mol. The van der Waals surface area contributed by atoms with Gasteiger partial charge in [-0.05, 0) is 25.1 Å². The summed E-state index contributed by atoms with van der Waals surface area (Å²) >= 11 is 0. The van der Waals surface area contributed by atoms with Crippen molar-refractivity contribution >= 4 is 28.9 Å². The van der Waals surface area contributed by atoms with E-state index in [1.165, 1.54) is 26.2 Å². The second kappa shape index (κ2) is 9.76. The smallest absolute Gasteiger partial charge is 0.341 e. The number of benzene rings is 2. The molecule has 1 unspecified atom stereocenters. The topological polar surface area (TPSA) is 138 Å². The van der Waals surface area contributed by atoms with Gasteiger partial charge in [0.1, 0.15) is 0 Å². The number of nitrogens with zero attached hydrogens (tertiary/aromatic N) is 1. The summed E-state index contributed by atoms with van der Waals surface area (Å²) in [5.41, 5.74) is 0.431. The van der Waals surface area contributed by atoms with E-state index in [0.717, 1.165) is 6.07 Å². The van der Waals surface area contributed by atoms with Gasteiger partial charge in [0, 0.05) is 43.2 Å². The fourth-order valence-corrected chi connectivity index (χ4v) is 2.75. The Bertz CT molecular complexity index is 994. The van der Waals surface area contributed by atoms with E-state index >= 15 is 0 Å². The monoisotopic (exact) mass is 431 g/mol. The molecule has 0 spiro atoms. The van der Waals surface area contributed by atoms with E-state index in [1.54, 1.807) is 18.2 Å². The van der Waals surface area contributed by atoms with Crippen molar-refractivity contribution < 1.29 is 33.5 Å². The van der Waals surface area contributed by atoms with Crippen LogP contribution in [0.2, 0.25) is 0 Å². The van der Waals surface area contributed by atoms with Crippen LogP contribution in [0.5, 0.6) is 11.5 Å². The normalized spacial score (nSPS) is 12.7. The Kier molecular flexibility index (Phi) is 6.88. The number of hydrogen-bond acceptors (Lipinski definition) is 9. The Morgan fingerprint density at radius 3 is 2.71 bits per heavy atom. The summed E-state index contributed by atoms with van der Waals surface area (Å²) in [6, 6.07) is 8.63. The summed E-state index contributed by atoms with van der Waals surface area (Å²) in [7, 11) is 1.52. The average molecular weight is 431 g/mol. The Labute approximate surface area is 177 Å². The zero-order valence-corrected chi connectivity index (χ0v) is 16.9. The van der Waals surface area contributed by atoms with Crippen molar-refractivity contribution in [2.45, 2.75) is 13.0 Å². The lowest BCUT2D eigenvalue weighted by atomic mass is 10.1. The zero-order valence-electron chi connectivity index (χ0n) is 16.9. The molecule has 0 saturated heterocycles. The van der Waals surface area contributed by atoms with E-state index in [4.69, 9.17) is 18.9 Å². The highest BCUT2D eigenvalue weighted by Gasteiger charge is 2.24. The third kappa shape index (κ3) is 5.39. The number of carbonyl (C=O) groups is 2. The maximum atomic E-state index is 12.7. The predicted octanol–water partition coefficient (Wildman–Crippen LogP) is 2.57. The molecule has 0 saturated carbocycles. The Hall–Kier alpha value is -3.86. The van der Waals surface area contributed by atoms with Crippen LogP contribution in [0.1, 0.15) is 17.3 Å². The second-order valence-corrected chi connectivity index (χ2v) is 6.51. The van der Waals surface area contributed by atoms with Crippen LogP contribution in [0.25, 0.3) is 0 Å². The van der Waals surface area contributed by atoms with E-state index in [-0.39, 0.29) is 18.0 Å². The lowest BCUT2D eigenvalue weighted by Crippen LogP contribution is -2.30. The van der Waals surface area contributed by atoms with Gasteiger partial charge in [-0.3, -0.25) is 14.9 Å². The first kappa shape index (κ1) is 21.8. The molecule has 164 valence electrons. The minimum atomic E-state index is -1.16. The summed E-state index contributed by atoms with van der Waals surface area (Å²) in [4.78, 5) is 35.6. The molecule has 11 heteroatoms. The molecular formula is C20H21N3O8. The summed E-state index contributed by atoms with van der Waals surface area (Å²) in [6.45, 7) is 2.23. The number of anilines is 2. The first-order chi connectivity index (χ1) is 14.9. The first-order valence-electron chi connectivity index (χ1n) is 9.31. The van der Waals surface area contributed by atoms with E-state index < -0.39 is 22.9 Å². The van der Waals surface area contributed by atoms with Crippen molar-refractivity contribution in [3.05, 3.63) is 52.1 Å². The molecule has 1 atom stereocenters. The second-order valence-electron chi connectivity index (χ2n) is 6.51. The number of carbonyl (C=O) groups excluding carboxylic acids is 2. The molecular weight excluding hydrogens is 410 g/mol. The molecule has 1 aliphatic rings. The van der Waals surface area contributed by atoms with Crippen molar-refractivity contribution in [2.24, 2.45) is 0 Å². The van der Waals surface area contributed by atoms with E-state index in [1.807, 2.05) is 0 Å². The van der Waals surface area contributed by atoms with E-state index in [0.29, 0.717) is 36.0 Å². The fourth-order valence-electron chi connectivity index (χ4n) is 2.75. The third-order valence-electron chi connectivity index (χ3n) is 4.35. The van der Waals surface area contributed by atoms with Gasteiger partial charge in [-0.25, -0.2) is 4.79 Å². The summed E-state index contributed by atoms with van der Waals surface area (Å²) < 4.78 is 20.7. The van der Waals surface area contributed by atoms with Gasteiger partial charge in [0.2, 0.25) is 6.79 Å². The maximum Gasteiger partial charge on any atom is 0.341 e. The summed E-state index contributed by atoms with van der Waals surface area (Å²) in [6.07, 6.45) is -1.16. The molecule has 31 heavy (non-hydrogen) atoms. The van der Waals surface area contributed by atoms with Crippen LogP contribution < -0.4 is 20.1 Å². The van der Waals surface area contributed by atoms with Gasteiger partial charge in [-0.15, -0.1) is 0 Å². The van der Waals surface area contributed by atoms with Crippen LogP contribution in [0.3, 0.4) is 0 Å². The highest BCUT2D eigenvalue weighted by molar-refractivity contribution is 6.00. The summed E-state index contributed by atoms with van der Waals surface area (Å²) in [5.74, 6) is -0.397. The molecule has 1 aliphatic heterocycles. The first-order valence-corrected chi connectivity index (χ1v) is 9.31. The molecule has 11 nitrogen and oxygen atoms in total. The van der Waals surface area contributed by atoms with Gasteiger partial charge >= 0.3 is 5.97 Å². The van der Waals surface area contributed by atoms with Crippen molar-refractivity contribution in [1.82, 2.24) is 0 Å². The number of esters is 1. The highest BCUT2D eigenvalue weighted by Crippen LogP contribution is 2.34. The van der Waals surface area contributed by atoms with E-state index in [2.05, 4.69) is 10.6 Å². The van der Waals surface area contributed by atoms with Crippen LogP contribution >= 0.6 is 0 Å². The quantitative estimate of drug-likeness (QED) is 0.265. The number of methoxy groups -OCH3 is 1. The number of ether oxygens (including phenoxy) is 4. The number of rotatable bonds is 9. The molecule has 0 bridgehead atoms. The Morgan fingerprint density at radius 1 is 1.19 bits per heavy atom. The zero-order chi connectivity index (χ0) is 22.4.